The summed E-state index contributed by atoms with van der Waals surface area (Å²) in [7, 11) is -3.63. The van der Waals surface area contributed by atoms with Gasteiger partial charge in [-0.05, 0) is 31.0 Å². The van der Waals surface area contributed by atoms with E-state index >= 15 is 0 Å². The van der Waals surface area contributed by atoms with Gasteiger partial charge in [0.15, 0.2) is 0 Å². The monoisotopic (exact) mass is 286 g/mol. The summed E-state index contributed by atoms with van der Waals surface area (Å²) in [6.45, 7) is 4.29. The van der Waals surface area contributed by atoms with Crippen LogP contribution in [0.3, 0.4) is 0 Å². The molecular weight excluding hydrogens is 267 g/mol. The second kappa shape index (κ2) is 4.85. The summed E-state index contributed by atoms with van der Waals surface area (Å²) < 4.78 is 39.3. The zero-order chi connectivity index (χ0) is 14.3. The minimum atomic E-state index is -3.63. The first-order valence-corrected chi connectivity index (χ1v) is 7.78. The van der Waals surface area contributed by atoms with Crippen molar-refractivity contribution >= 4 is 10.0 Å². The van der Waals surface area contributed by atoms with E-state index in [1.54, 1.807) is 6.92 Å². The molecule has 0 aromatic heterocycles. The number of rotatable bonds is 4. The Morgan fingerprint density at radius 2 is 2.05 bits per heavy atom. The average Bonchev–Trinajstić information content (AvgIpc) is 2.29. The highest BCUT2D eigenvalue weighted by molar-refractivity contribution is 7.89. The van der Waals surface area contributed by atoms with Crippen LogP contribution in [0.5, 0.6) is 0 Å². The van der Waals surface area contributed by atoms with Crippen molar-refractivity contribution < 1.29 is 12.8 Å². The molecule has 4 nitrogen and oxygen atoms in total. The van der Waals surface area contributed by atoms with Crippen molar-refractivity contribution in [3.63, 3.8) is 0 Å². The largest absolute Gasteiger partial charge is 0.323 e. The number of nitrogens with two attached hydrogens (primary N) is 1. The van der Waals surface area contributed by atoms with Crippen LogP contribution in [0.4, 0.5) is 4.39 Å². The minimum absolute atomic E-state index is 0.0334. The van der Waals surface area contributed by atoms with E-state index in [0.717, 1.165) is 18.9 Å². The van der Waals surface area contributed by atoms with E-state index in [1.807, 2.05) is 6.92 Å². The zero-order valence-corrected chi connectivity index (χ0v) is 12.0. The Morgan fingerprint density at radius 3 is 2.63 bits per heavy atom. The van der Waals surface area contributed by atoms with Crippen molar-refractivity contribution in [2.24, 2.45) is 5.73 Å². The topological polar surface area (TPSA) is 63.4 Å². The molecule has 1 aliphatic heterocycles. The summed E-state index contributed by atoms with van der Waals surface area (Å²) in [4.78, 5) is 0.0334. The molecule has 0 radical (unpaired) electrons. The molecule has 0 unspecified atom stereocenters. The first-order chi connectivity index (χ1) is 8.78. The number of halogens is 1. The number of hydrogen-bond donors (Lipinski definition) is 1. The molecule has 0 aliphatic carbocycles. The van der Waals surface area contributed by atoms with Crippen molar-refractivity contribution in [1.29, 1.82) is 0 Å². The Hall–Kier alpha value is -0.980. The third kappa shape index (κ3) is 2.66. The van der Waals surface area contributed by atoms with Gasteiger partial charge in [0.05, 0.1) is 4.90 Å². The summed E-state index contributed by atoms with van der Waals surface area (Å²) in [6, 6.07) is 3.81. The van der Waals surface area contributed by atoms with Crippen LogP contribution in [0.15, 0.2) is 23.1 Å². The summed E-state index contributed by atoms with van der Waals surface area (Å²) in [5, 5.41) is 0. The van der Waals surface area contributed by atoms with Crippen LogP contribution in [-0.4, -0.2) is 31.4 Å². The summed E-state index contributed by atoms with van der Waals surface area (Å²) in [5.41, 5.74) is 6.19. The molecule has 106 valence electrons. The van der Waals surface area contributed by atoms with E-state index in [4.69, 9.17) is 5.73 Å². The Kier molecular flexibility index (Phi) is 3.68. The van der Waals surface area contributed by atoms with Gasteiger partial charge in [0.25, 0.3) is 0 Å². The second-order valence-electron chi connectivity index (χ2n) is 5.30. The van der Waals surface area contributed by atoms with Gasteiger partial charge in [0.1, 0.15) is 5.82 Å². The van der Waals surface area contributed by atoms with Crippen LogP contribution in [0.1, 0.15) is 25.3 Å². The summed E-state index contributed by atoms with van der Waals surface area (Å²) in [5.74, 6) is -0.544. The maximum atomic E-state index is 13.2. The molecule has 1 saturated heterocycles. The normalized spacial score (nSPS) is 19.2. The first kappa shape index (κ1) is 14.4. The summed E-state index contributed by atoms with van der Waals surface area (Å²) >= 11 is 0. The fourth-order valence-electron chi connectivity index (χ4n) is 2.47. The number of benzene rings is 1. The molecule has 0 bridgehead atoms. The highest BCUT2D eigenvalue weighted by atomic mass is 32.2. The molecule has 0 amide bonds. The van der Waals surface area contributed by atoms with Crippen molar-refractivity contribution in [2.75, 3.05) is 13.1 Å². The van der Waals surface area contributed by atoms with E-state index < -0.39 is 21.4 Å². The Balaban J connectivity index is 2.24. The van der Waals surface area contributed by atoms with Gasteiger partial charge in [-0.25, -0.2) is 12.8 Å². The molecule has 19 heavy (non-hydrogen) atoms. The number of sulfonamides is 1. The third-order valence-corrected chi connectivity index (χ3v) is 5.43. The summed E-state index contributed by atoms with van der Waals surface area (Å²) in [6.07, 6.45) is 1.71. The van der Waals surface area contributed by atoms with Gasteiger partial charge in [-0.3, -0.25) is 0 Å². The van der Waals surface area contributed by atoms with E-state index in [-0.39, 0.29) is 4.90 Å². The molecule has 1 aliphatic rings. The average molecular weight is 286 g/mol. The maximum absolute atomic E-state index is 13.2. The molecule has 1 aromatic carbocycles. The highest BCUT2D eigenvalue weighted by Gasteiger charge is 2.45. The predicted molar refractivity (Wildman–Crippen MR) is 71.7 cm³/mol. The Labute approximate surface area is 113 Å². The van der Waals surface area contributed by atoms with Crippen molar-refractivity contribution in [3.8, 4) is 0 Å². The predicted octanol–water partition coefficient (Wildman–Crippen LogP) is 1.64. The molecule has 0 atom stereocenters. The van der Waals surface area contributed by atoms with Gasteiger partial charge < -0.3 is 5.73 Å². The van der Waals surface area contributed by atoms with Crippen LogP contribution >= 0.6 is 0 Å². The van der Waals surface area contributed by atoms with Gasteiger partial charge in [-0.2, -0.15) is 4.31 Å². The lowest BCUT2D eigenvalue weighted by atomic mass is 9.89. The van der Waals surface area contributed by atoms with Gasteiger partial charge in [-0.15, -0.1) is 0 Å². The second-order valence-corrected chi connectivity index (χ2v) is 7.20. The highest BCUT2D eigenvalue weighted by Crippen LogP contribution is 2.30. The molecular formula is C13H19FN2O2S. The lowest BCUT2D eigenvalue weighted by Gasteiger charge is -2.46. The van der Waals surface area contributed by atoms with Crippen LogP contribution in [0, 0.1) is 12.7 Å². The number of hydrogen-bond acceptors (Lipinski definition) is 3. The standard InChI is InChI=1S/C13H19FN2O2S/c1-3-6-13(15)8-16(9-13)19(17,18)12-7-11(14)5-4-10(12)2/h4-5,7H,3,6,8-9,15H2,1-2H3. The number of aryl methyl sites for hydroxylation is 1. The maximum Gasteiger partial charge on any atom is 0.243 e. The van der Waals surface area contributed by atoms with Crippen LogP contribution < -0.4 is 5.73 Å². The molecule has 1 heterocycles. The van der Waals surface area contributed by atoms with E-state index in [2.05, 4.69) is 0 Å². The van der Waals surface area contributed by atoms with E-state index in [9.17, 15) is 12.8 Å². The molecule has 1 aromatic rings. The Morgan fingerprint density at radius 1 is 1.42 bits per heavy atom. The van der Waals surface area contributed by atoms with Crippen molar-refractivity contribution in [2.45, 2.75) is 37.1 Å². The van der Waals surface area contributed by atoms with Gasteiger partial charge >= 0.3 is 0 Å². The molecule has 0 saturated carbocycles. The molecule has 2 N–H and O–H groups in total. The smallest absolute Gasteiger partial charge is 0.243 e. The minimum Gasteiger partial charge on any atom is -0.323 e. The zero-order valence-electron chi connectivity index (χ0n) is 11.2. The quantitative estimate of drug-likeness (QED) is 0.915. The SMILES string of the molecule is CCCC1(N)CN(S(=O)(=O)c2cc(F)ccc2C)C1. The first-order valence-electron chi connectivity index (χ1n) is 6.34. The van der Waals surface area contributed by atoms with E-state index in [0.29, 0.717) is 18.7 Å². The van der Waals surface area contributed by atoms with Gasteiger partial charge in [0, 0.05) is 18.6 Å². The van der Waals surface area contributed by atoms with Crippen LogP contribution in [0.2, 0.25) is 0 Å². The van der Waals surface area contributed by atoms with E-state index in [1.165, 1.54) is 16.4 Å². The Bertz CT molecular complexity index is 580. The van der Waals surface area contributed by atoms with Crippen LogP contribution in [-0.2, 0) is 10.0 Å². The molecule has 2 rings (SSSR count). The lowest BCUT2D eigenvalue weighted by molar-refractivity contribution is 0.147. The van der Waals surface area contributed by atoms with Crippen molar-refractivity contribution in [1.82, 2.24) is 4.31 Å². The van der Waals surface area contributed by atoms with Gasteiger partial charge in [0.2, 0.25) is 10.0 Å². The third-order valence-electron chi connectivity index (χ3n) is 3.50. The fraction of sp³-hybridized carbons (Fsp3) is 0.538. The van der Waals surface area contributed by atoms with Crippen molar-refractivity contribution in [3.05, 3.63) is 29.6 Å². The fourth-order valence-corrected chi connectivity index (χ4v) is 4.34. The molecule has 1 fully saturated rings. The van der Waals surface area contributed by atoms with Gasteiger partial charge in [-0.1, -0.05) is 19.4 Å². The molecule has 0 spiro atoms. The lowest BCUT2D eigenvalue weighted by Crippen LogP contribution is -2.68. The molecule has 6 heteroatoms. The van der Waals surface area contributed by atoms with Crippen LogP contribution in [0.25, 0.3) is 0 Å². The number of nitrogens with zero attached hydrogens (tertiary/aromatic N) is 1.